The molecule has 0 aliphatic heterocycles. The van der Waals surface area contributed by atoms with Crippen LogP contribution in [0.1, 0.15) is 29.0 Å². The number of fused-ring (bicyclic) bond motifs is 2. The normalized spacial score (nSPS) is 10.9. The van der Waals surface area contributed by atoms with Gasteiger partial charge in [0.15, 0.2) is 0 Å². The molecular formula is C25H24N2O6. The maximum absolute atomic E-state index is 12.1. The first-order chi connectivity index (χ1) is 16.0. The number of amides is 1. The third kappa shape index (κ3) is 4.74. The Morgan fingerprint density at radius 1 is 1.06 bits per heavy atom. The van der Waals surface area contributed by atoms with Crippen LogP contribution in [0.5, 0.6) is 17.2 Å². The van der Waals surface area contributed by atoms with Gasteiger partial charge in [-0.25, -0.2) is 0 Å². The van der Waals surface area contributed by atoms with Gasteiger partial charge in [0, 0.05) is 42.6 Å². The minimum Gasteiger partial charge on any atom is -0.494 e. The summed E-state index contributed by atoms with van der Waals surface area (Å²) in [4.78, 5) is 27.8. The summed E-state index contributed by atoms with van der Waals surface area (Å²) in [7, 11) is 2.96. The van der Waals surface area contributed by atoms with E-state index in [1.54, 1.807) is 38.4 Å². The Labute approximate surface area is 190 Å². The fourth-order valence-electron chi connectivity index (χ4n) is 3.59. The summed E-state index contributed by atoms with van der Waals surface area (Å²) < 4.78 is 22.2. The number of nitrogens with one attached hydrogen (secondary N) is 1. The third-order valence-corrected chi connectivity index (χ3v) is 5.22. The van der Waals surface area contributed by atoms with E-state index in [-0.39, 0.29) is 11.9 Å². The molecule has 0 bridgehead atoms. The molecule has 170 valence electrons. The fourth-order valence-corrected chi connectivity index (χ4v) is 3.59. The Bertz CT molecular complexity index is 1330. The van der Waals surface area contributed by atoms with Crippen molar-refractivity contribution in [2.75, 3.05) is 20.8 Å². The quantitative estimate of drug-likeness (QED) is 0.306. The van der Waals surface area contributed by atoms with Gasteiger partial charge in [-0.2, -0.15) is 0 Å². The summed E-state index contributed by atoms with van der Waals surface area (Å²) in [6.07, 6.45) is 2.54. The van der Waals surface area contributed by atoms with Crippen molar-refractivity contribution < 1.29 is 28.2 Å². The van der Waals surface area contributed by atoms with Crippen LogP contribution < -0.4 is 14.8 Å². The topological polar surface area (TPSA) is 99.9 Å². The number of aryl methyl sites for hydroxylation is 1. The molecule has 0 saturated carbocycles. The van der Waals surface area contributed by atoms with E-state index in [4.69, 9.17) is 13.9 Å². The van der Waals surface area contributed by atoms with Gasteiger partial charge in [-0.1, -0.05) is 0 Å². The van der Waals surface area contributed by atoms with Gasteiger partial charge in [0.2, 0.25) is 0 Å². The molecule has 8 nitrogen and oxygen atoms in total. The molecule has 0 atom stereocenters. The lowest BCUT2D eigenvalue weighted by molar-refractivity contribution is -0.140. The van der Waals surface area contributed by atoms with Crippen molar-refractivity contribution >= 4 is 33.7 Å². The van der Waals surface area contributed by atoms with Crippen LogP contribution in [0, 0.1) is 6.92 Å². The van der Waals surface area contributed by atoms with Gasteiger partial charge in [-0.3, -0.25) is 14.6 Å². The number of nitrogens with zero attached hydrogens (tertiary/aromatic N) is 1. The minimum absolute atomic E-state index is 0.191. The Kier molecular flexibility index (Phi) is 6.44. The van der Waals surface area contributed by atoms with Gasteiger partial charge < -0.3 is 23.9 Å². The van der Waals surface area contributed by atoms with Crippen molar-refractivity contribution in [2.45, 2.75) is 19.8 Å². The third-order valence-electron chi connectivity index (χ3n) is 5.22. The summed E-state index contributed by atoms with van der Waals surface area (Å²) in [5.41, 5.74) is 1.81. The average Bonchev–Trinajstić information content (AvgIpc) is 3.16. The molecule has 0 saturated heterocycles. The van der Waals surface area contributed by atoms with E-state index in [0.717, 1.165) is 16.3 Å². The number of esters is 1. The van der Waals surface area contributed by atoms with Crippen LogP contribution in [0.3, 0.4) is 0 Å². The van der Waals surface area contributed by atoms with Gasteiger partial charge in [-0.15, -0.1) is 0 Å². The highest BCUT2D eigenvalue weighted by molar-refractivity contribution is 6.07. The molecule has 2 aromatic carbocycles. The second-order valence-corrected chi connectivity index (χ2v) is 7.39. The van der Waals surface area contributed by atoms with Crippen LogP contribution in [0.15, 0.2) is 53.1 Å². The van der Waals surface area contributed by atoms with Gasteiger partial charge in [0.1, 0.15) is 28.6 Å². The van der Waals surface area contributed by atoms with Crippen LogP contribution >= 0.6 is 0 Å². The van der Waals surface area contributed by atoms with Crippen molar-refractivity contribution in [3.8, 4) is 17.2 Å². The van der Waals surface area contributed by atoms with Crippen molar-refractivity contribution in [2.24, 2.45) is 0 Å². The molecule has 0 aliphatic carbocycles. The Hall–Kier alpha value is -4.07. The molecule has 2 heterocycles. The molecule has 0 spiro atoms. The van der Waals surface area contributed by atoms with E-state index in [2.05, 4.69) is 15.0 Å². The zero-order valence-electron chi connectivity index (χ0n) is 18.6. The molecule has 8 heteroatoms. The minimum atomic E-state index is -0.256. The van der Waals surface area contributed by atoms with Crippen LogP contribution in [0.2, 0.25) is 0 Å². The number of carbonyl (C=O) groups excluding carboxylic acids is 2. The van der Waals surface area contributed by atoms with Gasteiger partial charge in [0.25, 0.3) is 5.91 Å². The molecule has 2 aromatic heterocycles. The number of furan rings is 1. The van der Waals surface area contributed by atoms with Crippen LogP contribution in [-0.4, -0.2) is 37.6 Å². The highest BCUT2D eigenvalue weighted by Gasteiger charge is 2.18. The molecule has 0 unspecified atom stereocenters. The number of benzene rings is 2. The Balaban J connectivity index is 1.53. The van der Waals surface area contributed by atoms with Crippen LogP contribution in [0.4, 0.5) is 0 Å². The largest absolute Gasteiger partial charge is 0.494 e. The number of methoxy groups -OCH3 is 1. The van der Waals surface area contributed by atoms with E-state index < -0.39 is 0 Å². The lowest BCUT2D eigenvalue weighted by Gasteiger charge is -2.10. The zero-order valence-corrected chi connectivity index (χ0v) is 18.6. The van der Waals surface area contributed by atoms with Gasteiger partial charge >= 0.3 is 5.97 Å². The maximum atomic E-state index is 12.1. The number of carbonyl (C=O) groups is 2. The first kappa shape index (κ1) is 22.1. The van der Waals surface area contributed by atoms with Crippen LogP contribution in [0.25, 0.3) is 21.9 Å². The molecule has 1 amide bonds. The summed E-state index contributed by atoms with van der Waals surface area (Å²) in [6, 6.07) is 12.7. The summed E-state index contributed by atoms with van der Waals surface area (Å²) in [5.74, 6) is 1.97. The van der Waals surface area contributed by atoms with Crippen molar-refractivity contribution in [1.29, 1.82) is 0 Å². The highest BCUT2D eigenvalue weighted by Crippen LogP contribution is 2.34. The lowest BCUT2D eigenvalue weighted by atomic mass is 10.1. The number of ether oxygens (including phenoxy) is 3. The molecule has 33 heavy (non-hydrogen) atoms. The second-order valence-electron chi connectivity index (χ2n) is 7.39. The lowest BCUT2D eigenvalue weighted by Crippen LogP contribution is -2.18. The molecule has 4 aromatic rings. The predicted molar refractivity (Wildman–Crippen MR) is 123 cm³/mol. The fraction of sp³-hybridized carbons (Fsp3) is 0.240. The maximum Gasteiger partial charge on any atom is 0.305 e. The Morgan fingerprint density at radius 3 is 2.64 bits per heavy atom. The van der Waals surface area contributed by atoms with Crippen molar-refractivity contribution in [1.82, 2.24) is 10.3 Å². The molecule has 4 rings (SSSR count). The molecular weight excluding hydrogens is 424 g/mol. The van der Waals surface area contributed by atoms with Crippen molar-refractivity contribution in [3.05, 3.63) is 60.0 Å². The van der Waals surface area contributed by atoms with Gasteiger partial charge in [0.05, 0.1) is 24.8 Å². The highest BCUT2D eigenvalue weighted by atomic mass is 16.5. The van der Waals surface area contributed by atoms with E-state index >= 15 is 0 Å². The first-order valence-electron chi connectivity index (χ1n) is 10.5. The summed E-state index contributed by atoms with van der Waals surface area (Å²) >= 11 is 0. The number of rotatable bonds is 8. The summed E-state index contributed by atoms with van der Waals surface area (Å²) in [6.45, 7) is 2.16. The van der Waals surface area contributed by atoms with Crippen molar-refractivity contribution in [3.63, 3.8) is 0 Å². The van der Waals surface area contributed by atoms with E-state index in [1.807, 2.05) is 24.3 Å². The van der Waals surface area contributed by atoms with E-state index in [9.17, 15) is 9.59 Å². The summed E-state index contributed by atoms with van der Waals surface area (Å²) in [5, 5.41) is 4.19. The van der Waals surface area contributed by atoms with E-state index in [1.165, 1.54) is 7.11 Å². The standard InChI is InChI=1S/C25H24N2O6/c1-15-24(25(29)26-2)19-9-7-17(14-22(19)32-15)33-21-10-11-27-20-13-16(6-8-18(20)21)31-12-4-5-23(28)30-3/h6-11,13-14H,4-5,12H2,1-3H3,(H,26,29). The van der Waals surface area contributed by atoms with Gasteiger partial charge in [-0.05, 0) is 43.7 Å². The number of aromatic nitrogens is 1. The predicted octanol–water partition coefficient (Wildman–Crippen LogP) is 4.77. The Morgan fingerprint density at radius 2 is 1.85 bits per heavy atom. The molecule has 1 N–H and O–H groups in total. The molecule has 0 aliphatic rings. The zero-order chi connectivity index (χ0) is 23.4. The monoisotopic (exact) mass is 448 g/mol. The van der Waals surface area contributed by atoms with E-state index in [0.29, 0.717) is 53.6 Å². The smallest absolute Gasteiger partial charge is 0.305 e. The second kappa shape index (κ2) is 9.60. The molecule has 0 fully saturated rings. The number of hydrogen-bond acceptors (Lipinski definition) is 7. The number of pyridine rings is 1. The molecule has 0 radical (unpaired) electrons. The first-order valence-corrected chi connectivity index (χ1v) is 10.5. The number of hydrogen-bond donors (Lipinski definition) is 1. The SMILES string of the molecule is CNC(=O)c1c(C)oc2cc(Oc3ccnc4cc(OCCCC(=O)OC)ccc34)ccc12. The van der Waals surface area contributed by atoms with Crippen LogP contribution in [-0.2, 0) is 9.53 Å². The average molecular weight is 448 g/mol.